The van der Waals surface area contributed by atoms with Crippen LogP contribution in [0.3, 0.4) is 0 Å². The van der Waals surface area contributed by atoms with E-state index in [1.54, 1.807) is 0 Å². The average Bonchev–Trinajstić information content (AvgIpc) is 1.27. The van der Waals surface area contributed by atoms with Gasteiger partial charge in [0.25, 0.3) is 6.47 Å². The van der Waals surface area contributed by atoms with E-state index in [0.29, 0.717) is 0 Å². The van der Waals surface area contributed by atoms with Crippen LogP contribution in [0, 0.1) is 0 Å². The topological polar surface area (TPSA) is 112 Å². The maximum absolute atomic E-state index is 8.74. The van der Waals surface area contributed by atoms with E-state index in [2.05, 4.69) is 0 Å². The lowest BCUT2D eigenvalue weighted by molar-refractivity contribution is -0.122. The highest BCUT2D eigenvalue weighted by Crippen LogP contribution is 1.59. The second-order valence-electron chi connectivity index (χ2n) is 0.553. The van der Waals surface area contributed by atoms with Crippen molar-refractivity contribution in [1.29, 1.82) is 0 Å². The second kappa shape index (κ2) is 7.87. The van der Waals surface area contributed by atoms with Crippen LogP contribution < -0.4 is 0 Å². The van der Waals surface area contributed by atoms with Crippen molar-refractivity contribution < 1.29 is 27.4 Å². The molecule has 3 N–H and O–H groups in total. The van der Waals surface area contributed by atoms with Gasteiger partial charge in [-0.25, -0.2) is 0 Å². The molecule has 56 valence electrons. The molecule has 0 bridgehead atoms. The Labute approximate surface area is 62.2 Å². The second-order valence-corrected chi connectivity index (χ2v) is 1.45. The standard InChI is InChI=1S/CH2O2.Al.H2O4S.3H/c2-1-3;;1-5(2,3)4;;;/h1H,(H,2,3);;(H2,1,2,3,4);;;. The highest BCUT2D eigenvalue weighted by molar-refractivity contribution is 7.79. The Balaban J connectivity index is -0.0000000800. The van der Waals surface area contributed by atoms with Gasteiger partial charge in [0.15, 0.2) is 17.4 Å². The van der Waals surface area contributed by atoms with Crippen LogP contribution in [0.15, 0.2) is 0 Å². The lowest BCUT2D eigenvalue weighted by Crippen LogP contribution is -1.89. The van der Waals surface area contributed by atoms with Crippen molar-refractivity contribution in [3.05, 3.63) is 0 Å². The molecule has 9 heavy (non-hydrogen) atoms. The Morgan fingerprint density at radius 2 is 1.22 bits per heavy atom. The fourth-order valence-corrected chi connectivity index (χ4v) is 0. The van der Waals surface area contributed by atoms with Crippen molar-refractivity contribution in [2.75, 3.05) is 0 Å². The molecule has 0 radical (unpaired) electrons. The third-order valence-corrected chi connectivity index (χ3v) is 0. The number of rotatable bonds is 0. The highest BCUT2D eigenvalue weighted by atomic mass is 32.3. The van der Waals surface area contributed by atoms with Crippen LogP contribution in [-0.2, 0) is 15.2 Å². The molecule has 0 saturated heterocycles. The SMILES string of the molecule is O=CO.O=S(=O)(O)O.[AlH3]. The number of hydrogen-bond acceptors (Lipinski definition) is 3. The summed E-state index contributed by atoms with van der Waals surface area (Å²) < 4.78 is 31.6. The molecule has 0 saturated carbocycles. The Morgan fingerprint density at radius 1 is 1.22 bits per heavy atom. The fraction of sp³-hybridized carbons (Fsp3) is 0. The summed E-state index contributed by atoms with van der Waals surface area (Å²) in [5.41, 5.74) is 0. The van der Waals surface area contributed by atoms with E-state index in [4.69, 9.17) is 27.4 Å². The predicted octanol–water partition coefficient (Wildman–Crippen LogP) is -2.14. The van der Waals surface area contributed by atoms with Crippen LogP contribution in [0.5, 0.6) is 0 Å². The molecule has 0 heterocycles. The minimum absolute atomic E-state index is 0. The summed E-state index contributed by atoms with van der Waals surface area (Å²) in [6, 6.07) is 0. The van der Waals surface area contributed by atoms with Gasteiger partial charge in [0.1, 0.15) is 0 Å². The van der Waals surface area contributed by atoms with Gasteiger partial charge in [-0.05, 0) is 0 Å². The maximum Gasteiger partial charge on any atom is 0.394 e. The number of hydrogen-bond donors (Lipinski definition) is 3. The van der Waals surface area contributed by atoms with Crippen LogP contribution in [0.2, 0.25) is 0 Å². The summed E-state index contributed by atoms with van der Waals surface area (Å²) in [5, 5.41) is 6.89. The van der Waals surface area contributed by atoms with Crippen LogP contribution in [0.25, 0.3) is 0 Å². The molecule has 6 nitrogen and oxygen atoms in total. The molecule has 0 aromatic rings. The Kier molecular flexibility index (Phi) is 13.9. The van der Waals surface area contributed by atoms with Gasteiger partial charge >= 0.3 is 10.4 Å². The Morgan fingerprint density at radius 3 is 1.22 bits per heavy atom. The number of carbonyl (C=O) groups is 1. The molecule has 0 aliphatic rings. The van der Waals surface area contributed by atoms with E-state index >= 15 is 0 Å². The van der Waals surface area contributed by atoms with Crippen molar-refractivity contribution in [3.8, 4) is 0 Å². The van der Waals surface area contributed by atoms with E-state index < -0.39 is 10.4 Å². The molecule has 0 unspecified atom stereocenters. The first kappa shape index (κ1) is 15.9. The molecular weight excluding hydrogens is 167 g/mol. The van der Waals surface area contributed by atoms with Gasteiger partial charge in [-0.2, -0.15) is 8.42 Å². The summed E-state index contributed by atoms with van der Waals surface area (Å²) in [5.74, 6) is 0. The zero-order chi connectivity index (χ0) is 7.21. The predicted molar refractivity (Wildman–Crippen MR) is 32.8 cm³/mol. The summed E-state index contributed by atoms with van der Waals surface area (Å²) in [6.45, 7) is -0.250. The van der Waals surface area contributed by atoms with Crippen LogP contribution in [-0.4, -0.2) is 46.5 Å². The van der Waals surface area contributed by atoms with Gasteiger partial charge in [-0.15, -0.1) is 0 Å². The van der Waals surface area contributed by atoms with Crippen molar-refractivity contribution in [1.82, 2.24) is 0 Å². The maximum atomic E-state index is 8.74. The van der Waals surface area contributed by atoms with Gasteiger partial charge in [0, 0.05) is 0 Å². The molecule has 0 aliphatic carbocycles. The monoisotopic (exact) mass is 174 g/mol. The van der Waals surface area contributed by atoms with Gasteiger partial charge < -0.3 is 5.11 Å². The highest BCUT2D eigenvalue weighted by Gasteiger charge is 1.84. The van der Waals surface area contributed by atoms with Crippen molar-refractivity contribution in [2.45, 2.75) is 0 Å². The Hall–Kier alpha value is -0.128. The van der Waals surface area contributed by atoms with Gasteiger partial charge in [0.2, 0.25) is 0 Å². The van der Waals surface area contributed by atoms with Crippen molar-refractivity contribution >= 4 is 34.2 Å². The van der Waals surface area contributed by atoms with Gasteiger partial charge in [-0.3, -0.25) is 13.9 Å². The summed E-state index contributed by atoms with van der Waals surface area (Å²) in [4.78, 5) is 8.36. The molecular formula is CH7AlO6S. The molecule has 0 amide bonds. The first-order valence-corrected chi connectivity index (χ1v) is 2.59. The summed E-state index contributed by atoms with van der Waals surface area (Å²) in [7, 11) is -4.67. The van der Waals surface area contributed by atoms with E-state index in [1.165, 1.54) is 0 Å². The molecule has 0 rings (SSSR count). The van der Waals surface area contributed by atoms with E-state index in [-0.39, 0.29) is 23.8 Å². The molecule has 0 spiro atoms. The third kappa shape index (κ3) is 16700. The van der Waals surface area contributed by atoms with Crippen molar-refractivity contribution in [3.63, 3.8) is 0 Å². The third-order valence-electron chi connectivity index (χ3n) is 0. The molecule has 8 heteroatoms. The number of carboxylic acid groups (broad SMARTS) is 1. The minimum atomic E-state index is -4.67. The lowest BCUT2D eigenvalue weighted by atomic mass is 11.7. The van der Waals surface area contributed by atoms with Crippen molar-refractivity contribution in [2.24, 2.45) is 0 Å². The van der Waals surface area contributed by atoms with Gasteiger partial charge in [0.05, 0.1) is 0 Å². The molecule has 0 fully saturated rings. The normalized spacial score (nSPS) is 7.78. The fourth-order valence-electron chi connectivity index (χ4n) is 0. The molecule has 0 atom stereocenters. The Bertz CT molecular complexity index is 127. The molecule has 0 aromatic carbocycles. The first-order valence-electron chi connectivity index (χ1n) is 1.19. The lowest BCUT2D eigenvalue weighted by Gasteiger charge is -1.68. The van der Waals surface area contributed by atoms with Crippen LogP contribution in [0.1, 0.15) is 0 Å². The van der Waals surface area contributed by atoms with E-state index in [0.717, 1.165) is 0 Å². The van der Waals surface area contributed by atoms with E-state index in [1.807, 2.05) is 0 Å². The summed E-state index contributed by atoms with van der Waals surface area (Å²) >= 11 is 0. The quantitative estimate of drug-likeness (QED) is 0.219. The zero-order valence-corrected chi connectivity index (χ0v) is 4.37. The average molecular weight is 174 g/mol. The van der Waals surface area contributed by atoms with Gasteiger partial charge in [-0.1, -0.05) is 0 Å². The summed E-state index contributed by atoms with van der Waals surface area (Å²) in [6.07, 6.45) is 0. The molecule has 0 aromatic heterocycles. The minimum Gasteiger partial charge on any atom is -0.483 e. The largest absolute Gasteiger partial charge is 0.483 e. The molecule has 0 aliphatic heterocycles. The van der Waals surface area contributed by atoms with Crippen LogP contribution in [0.4, 0.5) is 0 Å². The first-order chi connectivity index (χ1) is 3.41. The zero-order valence-electron chi connectivity index (χ0n) is 3.55. The smallest absolute Gasteiger partial charge is 0.394 e. The van der Waals surface area contributed by atoms with Crippen LogP contribution >= 0.6 is 0 Å². The van der Waals surface area contributed by atoms with E-state index in [9.17, 15) is 0 Å².